The zero-order valence-electron chi connectivity index (χ0n) is 7.56. The van der Waals surface area contributed by atoms with E-state index in [9.17, 15) is 9.59 Å². The molecule has 0 saturated heterocycles. The molecule has 1 atom stereocenters. The monoisotopic (exact) mass is 214 g/mol. The van der Waals surface area contributed by atoms with Crippen molar-refractivity contribution in [3.63, 3.8) is 0 Å². The summed E-state index contributed by atoms with van der Waals surface area (Å²) >= 11 is 1.38. The number of carboxylic acids is 2. The van der Waals surface area contributed by atoms with Crippen molar-refractivity contribution in [2.75, 3.05) is 0 Å². The predicted octanol–water partition coefficient (Wildman–Crippen LogP) is 1.70. The van der Waals surface area contributed by atoms with Gasteiger partial charge in [0.2, 0.25) is 0 Å². The number of hydrogen-bond acceptors (Lipinski definition) is 3. The second kappa shape index (κ2) is 4.23. The smallest absolute Gasteiger partial charge is 0.311 e. The third kappa shape index (κ3) is 2.32. The molecule has 5 heteroatoms. The molecule has 76 valence electrons. The average Bonchev–Trinajstić information content (AvgIpc) is 2.46. The molecule has 0 aliphatic rings. The zero-order chi connectivity index (χ0) is 10.7. The van der Waals surface area contributed by atoms with Crippen LogP contribution in [0.4, 0.5) is 0 Å². The van der Waals surface area contributed by atoms with Gasteiger partial charge in [-0.05, 0) is 28.8 Å². The van der Waals surface area contributed by atoms with E-state index in [4.69, 9.17) is 10.2 Å². The van der Waals surface area contributed by atoms with Crippen LogP contribution in [0.2, 0.25) is 0 Å². The van der Waals surface area contributed by atoms with Crippen molar-refractivity contribution in [1.82, 2.24) is 0 Å². The lowest BCUT2D eigenvalue weighted by atomic mass is 9.96. The molecule has 0 radical (unpaired) electrons. The Hall–Kier alpha value is -1.36. The first-order chi connectivity index (χ1) is 6.52. The maximum Gasteiger partial charge on any atom is 0.311 e. The van der Waals surface area contributed by atoms with E-state index in [-0.39, 0.29) is 6.42 Å². The van der Waals surface area contributed by atoms with Gasteiger partial charge in [0.25, 0.3) is 0 Å². The van der Waals surface area contributed by atoms with Gasteiger partial charge in [0.05, 0.1) is 12.3 Å². The molecule has 4 nitrogen and oxygen atoms in total. The van der Waals surface area contributed by atoms with Crippen molar-refractivity contribution in [2.45, 2.75) is 19.3 Å². The summed E-state index contributed by atoms with van der Waals surface area (Å²) in [6.07, 6.45) is -0.368. The van der Waals surface area contributed by atoms with Gasteiger partial charge in [0, 0.05) is 0 Å². The second-order valence-corrected chi connectivity index (χ2v) is 3.74. The molecule has 14 heavy (non-hydrogen) atoms. The van der Waals surface area contributed by atoms with E-state index in [1.165, 1.54) is 11.3 Å². The largest absolute Gasteiger partial charge is 0.481 e. The van der Waals surface area contributed by atoms with Crippen LogP contribution < -0.4 is 0 Å². The Morgan fingerprint density at radius 1 is 1.43 bits per heavy atom. The Kier molecular flexibility index (Phi) is 3.24. The van der Waals surface area contributed by atoms with Crippen LogP contribution in [0.25, 0.3) is 0 Å². The molecule has 0 bridgehead atoms. The lowest BCUT2D eigenvalue weighted by Gasteiger charge is -2.08. The summed E-state index contributed by atoms with van der Waals surface area (Å²) in [7, 11) is 0. The van der Waals surface area contributed by atoms with Crippen molar-refractivity contribution < 1.29 is 19.8 Å². The standard InChI is InChI=1S/C9H10O4S/c1-5-3-14-4-7(5)6(9(12)13)2-8(10)11/h3-4,6H,2H2,1H3,(H,10,11)(H,12,13). The lowest BCUT2D eigenvalue weighted by Crippen LogP contribution is -2.15. The van der Waals surface area contributed by atoms with Crippen LogP contribution >= 0.6 is 11.3 Å². The molecular formula is C9H10O4S. The number of aliphatic carboxylic acids is 2. The number of carbonyl (C=O) groups is 2. The molecule has 1 heterocycles. The quantitative estimate of drug-likeness (QED) is 0.799. The first kappa shape index (κ1) is 10.7. The van der Waals surface area contributed by atoms with Crippen molar-refractivity contribution >= 4 is 23.3 Å². The summed E-state index contributed by atoms with van der Waals surface area (Å²) in [6, 6.07) is 0. The van der Waals surface area contributed by atoms with Crippen LogP contribution in [0.15, 0.2) is 10.8 Å². The summed E-state index contributed by atoms with van der Waals surface area (Å²) in [6.45, 7) is 1.78. The van der Waals surface area contributed by atoms with Gasteiger partial charge in [0.1, 0.15) is 0 Å². The zero-order valence-corrected chi connectivity index (χ0v) is 8.37. The summed E-state index contributed by atoms with van der Waals surface area (Å²) in [5, 5.41) is 20.9. The van der Waals surface area contributed by atoms with E-state index in [0.717, 1.165) is 5.56 Å². The number of carboxylic acid groups (broad SMARTS) is 2. The van der Waals surface area contributed by atoms with Crippen LogP contribution in [-0.4, -0.2) is 22.2 Å². The van der Waals surface area contributed by atoms with Gasteiger partial charge >= 0.3 is 11.9 Å². The Labute approximate surface area is 84.8 Å². The third-order valence-corrected chi connectivity index (χ3v) is 2.83. The molecule has 0 spiro atoms. The molecule has 0 saturated carbocycles. The Morgan fingerprint density at radius 3 is 2.43 bits per heavy atom. The third-order valence-electron chi connectivity index (χ3n) is 1.95. The first-order valence-corrected chi connectivity index (χ1v) is 4.94. The highest BCUT2D eigenvalue weighted by Gasteiger charge is 2.24. The lowest BCUT2D eigenvalue weighted by molar-refractivity contribution is -0.145. The molecule has 0 amide bonds. The van der Waals surface area contributed by atoms with Crippen LogP contribution in [-0.2, 0) is 9.59 Å². The van der Waals surface area contributed by atoms with Crippen LogP contribution in [0.1, 0.15) is 23.5 Å². The van der Waals surface area contributed by atoms with Gasteiger partial charge < -0.3 is 10.2 Å². The molecule has 0 aromatic carbocycles. The van der Waals surface area contributed by atoms with Crippen molar-refractivity contribution in [1.29, 1.82) is 0 Å². The minimum absolute atomic E-state index is 0.368. The number of thiophene rings is 1. The topological polar surface area (TPSA) is 74.6 Å². The fourth-order valence-corrected chi connectivity index (χ4v) is 2.14. The van der Waals surface area contributed by atoms with E-state index in [2.05, 4.69) is 0 Å². The predicted molar refractivity (Wildman–Crippen MR) is 51.7 cm³/mol. The number of aryl methyl sites for hydroxylation is 1. The van der Waals surface area contributed by atoms with E-state index >= 15 is 0 Å². The summed E-state index contributed by atoms with van der Waals surface area (Å²) in [4.78, 5) is 21.3. The fraction of sp³-hybridized carbons (Fsp3) is 0.333. The second-order valence-electron chi connectivity index (χ2n) is 3.00. The van der Waals surface area contributed by atoms with Gasteiger partial charge in [0.15, 0.2) is 0 Å². The molecule has 1 rings (SSSR count). The van der Waals surface area contributed by atoms with E-state index in [0.29, 0.717) is 5.56 Å². The van der Waals surface area contributed by atoms with Crippen molar-refractivity contribution in [3.8, 4) is 0 Å². The molecule has 2 N–H and O–H groups in total. The summed E-state index contributed by atoms with van der Waals surface area (Å²) in [5.41, 5.74) is 1.44. The van der Waals surface area contributed by atoms with Gasteiger partial charge in [-0.2, -0.15) is 11.3 Å². The van der Waals surface area contributed by atoms with Crippen molar-refractivity contribution in [2.24, 2.45) is 0 Å². The average molecular weight is 214 g/mol. The maximum atomic E-state index is 10.8. The minimum atomic E-state index is -1.09. The first-order valence-electron chi connectivity index (χ1n) is 3.99. The van der Waals surface area contributed by atoms with Crippen molar-refractivity contribution in [3.05, 3.63) is 21.9 Å². The Bertz CT molecular complexity index is 355. The SMILES string of the molecule is Cc1cscc1C(CC(=O)O)C(=O)O. The molecule has 0 aliphatic heterocycles. The van der Waals surface area contributed by atoms with Gasteiger partial charge in [-0.3, -0.25) is 9.59 Å². The normalized spacial score (nSPS) is 12.4. The number of rotatable bonds is 4. The summed E-state index contributed by atoms with van der Waals surface area (Å²) < 4.78 is 0. The molecule has 1 aromatic heterocycles. The van der Waals surface area contributed by atoms with Crippen LogP contribution in [0.3, 0.4) is 0 Å². The summed E-state index contributed by atoms with van der Waals surface area (Å²) in [5.74, 6) is -3.12. The minimum Gasteiger partial charge on any atom is -0.481 e. The van der Waals surface area contributed by atoms with Gasteiger partial charge in [-0.25, -0.2) is 0 Å². The Morgan fingerprint density at radius 2 is 2.07 bits per heavy atom. The van der Waals surface area contributed by atoms with Crippen LogP contribution in [0.5, 0.6) is 0 Å². The maximum absolute atomic E-state index is 10.8. The highest BCUT2D eigenvalue weighted by Crippen LogP contribution is 2.26. The molecule has 0 aliphatic carbocycles. The molecule has 1 aromatic rings. The highest BCUT2D eigenvalue weighted by atomic mass is 32.1. The molecule has 0 fully saturated rings. The van der Waals surface area contributed by atoms with Gasteiger partial charge in [-0.1, -0.05) is 0 Å². The van der Waals surface area contributed by atoms with Crippen LogP contribution in [0, 0.1) is 6.92 Å². The van der Waals surface area contributed by atoms with E-state index in [1.807, 2.05) is 5.38 Å². The highest BCUT2D eigenvalue weighted by molar-refractivity contribution is 7.08. The molecule has 1 unspecified atom stereocenters. The Balaban J connectivity index is 2.94. The fourth-order valence-electron chi connectivity index (χ4n) is 1.23. The van der Waals surface area contributed by atoms with E-state index in [1.54, 1.807) is 12.3 Å². The number of hydrogen-bond donors (Lipinski definition) is 2. The van der Waals surface area contributed by atoms with E-state index < -0.39 is 17.9 Å². The van der Waals surface area contributed by atoms with Gasteiger partial charge in [-0.15, -0.1) is 0 Å². The molecular weight excluding hydrogens is 204 g/mol.